The van der Waals surface area contributed by atoms with Gasteiger partial charge in [-0.3, -0.25) is 4.79 Å². The molecule has 0 rings (SSSR count). The summed E-state index contributed by atoms with van der Waals surface area (Å²) in [6.45, 7) is 7.74. The summed E-state index contributed by atoms with van der Waals surface area (Å²) in [5.41, 5.74) is 0. The maximum atomic E-state index is 11.3. The zero-order chi connectivity index (χ0) is 11.1. The molecule has 0 heterocycles. The van der Waals surface area contributed by atoms with Crippen molar-refractivity contribution in [2.75, 3.05) is 0 Å². The van der Waals surface area contributed by atoms with Crippen molar-refractivity contribution in [1.29, 1.82) is 0 Å². The molecule has 1 N–H and O–H groups in total. The van der Waals surface area contributed by atoms with Crippen LogP contribution in [0.1, 0.15) is 40.5 Å². The summed E-state index contributed by atoms with van der Waals surface area (Å²) in [7, 11) is 0. The van der Waals surface area contributed by atoms with Crippen LogP contribution < -0.4 is 5.32 Å². The summed E-state index contributed by atoms with van der Waals surface area (Å²) in [5, 5.41) is 3.10. The molecule has 0 aliphatic carbocycles. The van der Waals surface area contributed by atoms with E-state index < -0.39 is 0 Å². The summed E-state index contributed by atoms with van der Waals surface area (Å²) in [6.07, 6.45) is 1.98. The molecule has 0 aromatic rings. The molecule has 0 aromatic heterocycles. The maximum Gasteiger partial charge on any atom is 0.136 e. The predicted molar refractivity (Wildman–Crippen MR) is 57.2 cm³/mol. The Hall–Kier alpha value is -0.700. The van der Waals surface area contributed by atoms with Crippen molar-refractivity contribution < 1.29 is 9.59 Å². The molecule has 3 heteroatoms. The zero-order valence-electron chi connectivity index (χ0n) is 9.54. The van der Waals surface area contributed by atoms with Crippen molar-refractivity contribution >= 4 is 12.1 Å². The Kier molecular flexibility index (Phi) is 6.37. The lowest BCUT2D eigenvalue weighted by Gasteiger charge is -2.15. The van der Waals surface area contributed by atoms with Crippen LogP contribution in [0.3, 0.4) is 0 Å². The minimum Gasteiger partial charge on any atom is -0.305 e. The van der Waals surface area contributed by atoms with Gasteiger partial charge in [-0.05, 0) is 6.42 Å². The Bertz CT molecular complexity index is 188. The van der Waals surface area contributed by atoms with E-state index in [-0.39, 0.29) is 23.8 Å². The largest absolute Gasteiger partial charge is 0.305 e. The fraction of sp³-hybridized carbons (Fsp3) is 0.818. The van der Waals surface area contributed by atoms with Gasteiger partial charge in [0.15, 0.2) is 0 Å². The molecule has 0 saturated heterocycles. The minimum absolute atomic E-state index is 0.0707. The standard InChI is InChI=1S/C11H21NO2/c1-8(2)11(14)6-5-10(7-13)12-9(3)4/h7-10,12H,5-6H2,1-4H3. The van der Waals surface area contributed by atoms with Crippen molar-refractivity contribution in [3.63, 3.8) is 0 Å². The second-order valence-electron chi connectivity index (χ2n) is 4.22. The van der Waals surface area contributed by atoms with Crippen LogP contribution in [-0.4, -0.2) is 24.2 Å². The first kappa shape index (κ1) is 13.3. The lowest BCUT2D eigenvalue weighted by Crippen LogP contribution is -2.36. The second kappa shape index (κ2) is 6.71. The highest BCUT2D eigenvalue weighted by molar-refractivity contribution is 5.80. The predicted octanol–water partition coefficient (Wildman–Crippen LogP) is 1.56. The van der Waals surface area contributed by atoms with E-state index in [0.717, 1.165) is 6.29 Å². The van der Waals surface area contributed by atoms with Crippen LogP contribution >= 0.6 is 0 Å². The van der Waals surface area contributed by atoms with E-state index in [1.807, 2.05) is 27.7 Å². The SMILES string of the molecule is CC(C)NC(C=O)CCC(=O)C(C)C. The van der Waals surface area contributed by atoms with Crippen molar-refractivity contribution in [2.45, 2.75) is 52.6 Å². The van der Waals surface area contributed by atoms with Gasteiger partial charge in [-0.25, -0.2) is 0 Å². The molecule has 0 aliphatic heterocycles. The molecule has 1 atom stereocenters. The van der Waals surface area contributed by atoms with Crippen LogP contribution in [0, 0.1) is 5.92 Å². The Morgan fingerprint density at radius 3 is 2.21 bits per heavy atom. The molecule has 1 unspecified atom stereocenters. The Labute approximate surface area is 86.3 Å². The summed E-state index contributed by atoms with van der Waals surface area (Å²) < 4.78 is 0. The average molecular weight is 199 g/mol. The number of hydrogen-bond donors (Lipinski definition) is 1. The molecule has 0 bridgehead atoms. The molecule has 3 nitrogen and oxygen atoms in total. The fourth-order valence-electron chi connectivity index (χ4n) is 1.21. The smallest absolute Gasteiger partial charge is 0.136 e. The van der Waals surface area contributed by atoms with E-state index in [4.69, 9.17) is 0 Å². The molecule has 0 saturated carbocycles. The summed E-state index contributed by atoms with van der Waals surface area (Å²) in [4.78, 5) is 22.0. The fourth-order valence-corrected chi connectivity index (χ4v) is 1.21. The van der Waals surface area contributed by atoms with Gasteiger partial charge in [0.2, 0.25) is 0 Å². The summed E-state index contributed by atoms with van der Waals surface area (Å²) in [6, 6.07) is 0.0945. The summed E-state index contributed by atoms with van der Waals surface area (Å²) in [5.74, 6) is 0.295. The second-order valence-corrected chi connectivity index (χ2v) is 4.22. The van der Waals surface area contributed by atoms with Gasteiger partial charge in [-0.2, -0.15) is 0 Å². The molecule has 0 fully saturated rings. The third kappa shape index (κ3) is 5.86. The van der Waals surface area contributed by atoms with E-state index in [9.17, 15) is 9.59 Å². The number of rotatable bonds is 7. The van der Waals surface area contributed by atoms with Crippen molar-refractivity contribution in [3.05, 3.63) is 0 Å². The average Bonchev–Trinajstić information content (AvgIpc) is 2.10. The number of ketones is 1. The normalized spacial score (nSPS) is 13.3. The van der Waals surface area contributed by atoms with E-state index in [1.165, 1.54) is 0 Å². The Morgan fingerprint density at radius 1 is 1.29 bits per heavy atom. The molecular formula is C11H21NO2. The molecule has 0 radical (unpaired) electrons. The van der Waals surface area contributed by atoms with Gasteiger partial charge in [0.25, 0.3) is 0 Å². The highest BCUT2D eigenvalue weighted by atomic mass is 16.1. The highest BCUT2D eigenvalue weighted by Crippen LogP contribution is 2.04. The molecule has 14 heavy (non-hydrogen) atoms. The first-order chi connectivity index (χ1) is 6.47. The third-order valence-electron chi connectivity index (χ3n) is 2.06. The molecule has 0 aromatic carbocycles. The lowest BCUT2D eigenvalue weighted by atomic mass is 10.0. The topological polar surface area (TPSA) is 46.2 Å². The Balaban J connectivity index is 3.84. The van der Waals surface area contributed by atoms with Crippen LogP contribution in [0.4, 0.5) is 0 Å². The van der Waals surface area contributed by atoms with Gasteiger partial charge >= 0.3 is 0 Å². The maximum absolute atomic E-state index is 11.3. The van der Waals surface area contributed by atoms with Gasteiger partial charge in [-0.1, -0.05) is 27.7 Å². The van der Waals surface area contributed by atoms with Crippen LogP contribution in [-0.2, 0) is 9.59 Å². The third-order valence-corrected chi connectivity index (χ3v) is 2.06. The van der Waals surface area contributed by atoms with Gasteiger partial charge in [0.1, 0.15) is 12.1 Å². The molecule has 0 aliphatic rings. The van der Waals surface area contributed by atoms with E-state index >= 15 is 0 Å². The molecule has 0 amide bonds. The van der Waals surface area contributed by atoms with Gasteiger partial charge in [-0.15, -0.1) is 0 Å². The number of aldehydes is 1. The lowest BCUT2D eigenvalue weighted by molar-refractivity contribution is -0.122. The number of Topliss-reactive ketones (excluding diaryl/α,β-unsaturated/α-hetero) is 1. The number of hydrogen-bond acceptors (Lipinski definition) is 3. The molecular weight excluding hydrogens is 178 g/mol. The first-order valence-electron chi connectivity index (χ1n) is 5.21. The zero-order valence-corrected chi connectivity index (χ0v) is 9.54. The molecule has 0 spiro atoms. The minimum atomic E-state index is -0.183. The van der Waals surface area contributed by atoms with Gasteiger partial charge in [0.05, 0.1) is 6.04 Å². The van der Waals surface area contributed by atoms with Crippen LogP contribution in [0.15, 0.2) is 0 Å². The first-order valence-corrected chi connectivity index (χ1v) is 5.21. The van der Waals surface area contributed by atoms with Crippen LogP contribution in [0.2, 0.25) is 0 Å². The summed E-state index contributed by atoms with van der Waals surface area (Å²) >= 11 is 0. The monoisotopic (exact) mass is 199 g/mol. The van der Waals surface area contributed by atoms with Gasteiger partial charge in [0, 0.05) is 18.4 Å². The number of carbonyl (C=O) groups excluding carboxylic acids is 2. The van der Waals surface area contributed by atoms with Crippen molar-refractivity contribution in [2.24, 2.45) is 5.92 Å². The van der Waals surface area contributed by atoms with Gasteiger partial charge < -0.3 is 10.1 Å². The quantitative estimate of drug-likeness (QED) is 0.633. The van der Waals surface area contributed by atoms with Crippen LogP contribution in [0.25, 0.3) is 0 Å². The number of nitrogens with one attached hydrogen (secondary N) is 1. The Morgan fingerprint density at radius 2 is 1.86 bits per heavy atom. The molecule has 82 valence electrons. The van der Waals surface area contributed by atoms with Crippen molar-refractivity contribution in [1.82, 2.24) is 5.32 Å². The van der Waals surface area contributed by atoms with E-state index in [0.29, 0.717) is 12.8 Å². The van der Waals surface area contributed by atoms with E-state index in [2.05, 4.69) is 5.32 Å². The number of carbonyl (C=O) groups is 2. The van der Waals surface area contributed by atoms with Crippen LogP contribution in [0.5, 0.6) is 0 Å². The van der Waals surface area contributed by atoms with Crippen molar-refractivity contribution in [3.8, 4) is 0 Å². The van der Waals surface area contributed by atoms with E-state index in [1.54, 1.807) is 0 Å². The highest BCUT2D eigenvalue weighted by Gasteiger charge is 2.12.